The van der Waals surface area contributed by atoms with Gasteiger partial charge in [-0.15, -0.1) is 0 Å². The first-order chi connectivity index (χ1) is 8.08. The van der Waals surface area contributed by atoms with Crippen LogP contribution in [-0.4, -0.2) is 28.6 Å². The highest BCUT2D eigenvalue weighted by molar-refractivity contribution is 6.06. The lowest BCUT2D eigenvalue weighted by atomic mass is 10.2. The maximum absolute atomic E-state index is 11.7. The summed E-state index contributed by atoms with van der Waals surface area (Å²) in [6.45, 7) is -0.227. The second kappa shape index (κ2) is 4.12. The Balaban J connectivity index is 2.32. The number of aromatic amines is 1. The molecule has 0 fully saturated rings. The van der Waals surface area contributed by atoms with Crippen molar-refractivity contribution in [2.45, 2.75) is 0 Å². The molecule has 1 heterocycles. The van der Waals surface area contributed by atoms with E-state index in [9.17, 15) is 9.59 Å². The van der Waals surface area contributed by atoms with E-state index >= 15 is 0 Å². The molecular formula is C10H11N5O2. The van der Waals surface area contributed by atoms with Crippen molar-refractivity contribution in [2.24, 2.45) is 5.73 Å². The minimum Gasteiger partial charge on any atom is -0.399 e. The minimum absolute atomic E-state index is 0.188. The molecule has 0 radical (unpaired) electrons. The summed E-state index contributed by atoms with van der Waals surface area (Å²) in [5.74, 6) is -1.08. The number of hydrogen-bond acceptors (Lipinski definition) is 4. The summed E-state index contributed by atoms with van der Waals surface area (Å²) in [4.78, 5) is 22.2. The van der Waals surface area contributed by atoms with Crippen LogP contribution in [0.2, 0.25) is 0 Å². The minimum atomic E-state index is -0.613. The highest BCUT2D eigenvalue weighted by Gasteiger charge is 2.14. The van der Waals surface area contributed by atoms with Crippen LogP contribution in [0.25, 0.3) is 10.9 Å². The van der Waals surface area contributed by atoms with E-state index in [0.717, 1.165) is 0 Å². The molecule has 7 nitrogen and oxygen atoms in total. The Hall–Kier alpha value is -2.57. The first-order valence-electron chi connectivity index (χ1n) is 4.88. The third kappa shape index (κ3) is 2.17. The maximum atomic E-state index is 11.7. The number of anilines is 1. The van der Waals surface area contributed by atoms with E-state index in [1.807, 2.05) is 0 Å². The number of nitrogen functional groups attached to an aromatic ring is 1. The van der Waals surface area contributed by atoms with Crippen molar-refractivity contribution in [3.8, 4) is 0 Å². The fourth-order valence-corrected chi connectivity index (χ4v) is 1.46. The summed E-state index contributed by atoms with van der Waals surface area (Å²) in [5.41, 5.74) is 12.0. The molecule has 0 aliphatic carbocycles. The van der Waals surface area contributed by atoms with Gasteiger partial charge >= 0.3 is 0 Å². The van der Waals surface area contributed by atoms with Crippen LogP contribution in [0.1, 0.15) is 10.5 Å². The fourth-order valence-electron chi connectivity index (χ4n) is 1.46. The highest BCUT2D eigenvalue weighted by Crippen LogP contribution is 2.18. The van der Waals surface area contributed by atoms with Crippen LogP contribution >= 0.6 is 0 Å². The van der Waals surface area contributed by atoms with E-state index in [2.05, 4.69) is 15.5 Å². The predicted molar refractivity (Wildman–Crippen MR) is 62.0 cm³/mol. The van der Waals surface area contributed by atoms with Crippen molar-refractivity contribution in [1.29, 1.82) is 0 Å². The van der Waals surface area contributed by atoms with Gasteiger partial charge in [0.25, 0.3) is 5.91 Å². The van der Waals surface area contributed by atoms with Gasteiger partial charge in [0, 0.05) is 11.1 Å². The molecule has 1 aromatic carbocycles. The van der Waals surface area contributed by atoms with Crippen molar-refractivity contribution in [3.63, 3.8) is 0 Å². The Bertz CT molecular complexity index is 589. The normalized spacial score (nSPS) is 10.4. The van der Waals surface area contributed by atoms with Crippen LogP contribution in [0.3, 0.4) is 0 Å². The third-order valence-electron chi connectivity index (χ3n) is 2.23. The Morgan fingerprint density at radius 3 is 2.88 bits per heavy atom. The topological polar surface area (TPSA) is 127 Å². The van der Waals surface area contributed by atoms with Crippen LogP contribution in [0, 0.1) is 0 Å². The first-order valence-corrected chi connectivity index (χ1v) is 4.88. The monoisotopic (exact) mass is 233 g/mol. The molecule has 0 atom stereocenters. The molecular weight excluding hydrogens is 222 g/mol. The Labute approximate surface area is 96.2 Å². The van der Waals surface area contributed by atoms with Gasteiger partial charge < -0.3 is 16.8 Å². The lowest BCUT2D eigenvalue weighted by Gasteiger charge is -2.00. The number of amides is 2. The molecule has 0 saturated heterocycles. The van der Waals surface area contributed by atoms with Gasteiger partial charge in [0.15, 0.2) is 5.69 Å². The van der Waals surface area contributed by atoms with Crippen molar-refractivity contribution in [3.05, 3.63) is 23.9 Å². The van der Waals surface area contributed by atoms with Gasteiger partial charge in [-0.05, 0) is 18.2 Å². The van der Waals surface area contributed by atoms with Crippen LogP contribution in [0.4, 0.5) is 5.69 Å². The number of primary amides is 1. The first kappa shape index (κ1) is 10.9. The Kier molecular flexibility index (Phi) is 2.65. The highest BCUT2D eigenvalue weighted by atomic mass is 16.2. The number of H-pyrrole nitrogens is 1. The van der Waals surface area contributed by atoms with Crippen LogP contribution in [0.5, 0.6) is 0 Å². The van der Waals surface area contributed by atoms with Gasteiger partial charge in [0.1, 0.15) is 0 Å². The van der Waals surface area contributed by atoms with Crippen molar-refractivity contribution < 1.29 is 9.59 Å². The van der Waals surface area contributed by atoms with E-state index in [0.29, 0.717) is 16.6 Å². The van der Waals surface area contributed by atoms with Crippen LogP contribution < -0.4 is 16.8 Å². The van der Waals surface area contributed by atoms with Gasteiger partial charge in [0.2, 0.25) is 5.91 Å². The summed E-state index contributed by atoms with van der Waals surface area (Å²) in [5, 5.41) is 9.53. The van der Waals surface area contributed by atoms with E-state index in [1.54, 1.807) is 18.2 Å². The average molecular weight is 233 g/mol. The SMILES string of the molecule is NC(=O)CNC(=O)c1n[nH]c2ccc(N)cc12. The standard InChI is InChI=1S/C10H11N5O2/c11-5-1-2-7-6(3-5)9(15-14-7)10(17)13-4-8(12)16/h1-3H,4,11H2,(H2,12,16)(H,13,17)(H,14,15). The summed E-state index contributed by atoms with van der Waals surface area (Å²) in [7, 11) is 0. The quantitative estimate of drug-likeness (QED) is 0.526. The summed E-state index contributed by atoms with van der Waals surface area (Å²) < 4.78 is 0. The molecule has 0 saturated carbocycles. The van der Waals surface area contributed by atoms with Gasteiger partial charge in [-0.2, -0.15) is 5.10 Å². The third-order valence-corrected chi connectivity index (χ3v) is 2.23. The number of carbonyl (C=O) groups is 2. The molecule has 0 spiro atoms. The molecule has 1 aromatic heterocycles. The van der Waals surface area contributed by atoms with E-state index in [1.165, 1.54) is 0 Å². The van der Waals surface area contributed by atoms with Crippen molar-refractivity contribution in [1.82, 2.24) is 15.5 Å². The number of nitrogens with zero attached hydrogens (tertiary/aromatic N) is 1. The Morgan fingerprint density at radius 2 is 2.18 bits per heavy atom. The second-order valence-electron chi connectivity index (χ2n) is 3.53. The van der Waals surface area contributed by atoms with E-state index in [4.69, 9.17) is 11.5 Å². The second-order valence-corrected chi connectivity index (χ2v) is 3.53. The van der Waals surface area contributed by atoms with Gasteiger partial charge in [0.05, 0.1) is 12.1 Å². The molecule has 0 bridgehead atoms. The lowest BCUT2D eigenvalue weighted by molar-refractivity contribution is -0.117. The van der Waals surface area contributed by atoms with E-state index in [-0.39, 0.29) is 12.2 Å². The number of rotatable bonds is 3. The number of nitrogens with one attached hydrogen (secondary N) is 2. The van der Waals surface area contributed by atoms with Crippen molar-refractivity contribution >= 4 is 28.4 Å². The largest absolute Gasteiger partial charge is 0.399 e. The maximum Gasteiger partial charge on any atom is 0.272 e. The molecule has 17 heavy (non-hydrogen) atoms. The molecule has 7 heteroatoms. The number of carbonyl (C=O) groups excluding carboxylic acids is 2. The average Bonchev–Trinajstić information content (AvgIpc) is 2.68. The van der Waals surface area contributed by atoms with Gasteiger partial charge in [-0.3, -0.25) is 14.7 Å². The smallest absolute Gasteiger partial charge is 0.272 e. The molecule has 2 aromatic rings. The Morgan fingerprint density at radius 1 is 1.41 bits per heavy atom. The molecule has 6 N–H and O–H groups in total. The summed E-state index contributed by atoms with van der Waals surface area (Å²) in [6.07, 6.45) is 0. The molecule has 0 unspecified atom stereocenters. The number of aromatic nitrogens is 2. The molecule has 88 valence electrons. The molecule has 0 aliphatic heterocycles. The zero-order valence-corrected chi connectivity index (χ0v) is 8.86. The van der Waals surface area contributed by atoms with Gasteiger partial charge in [-0.1, -0.05) is 0 Å². The fraction of sp³-hybridized carbons (Fsp3) is 0.100. The molecule has 2 rings (SSSR count). The predicted octanol–water partition coefficient (Wildman–Crippen LogP) is -0.640. The lowest BCUT2D eigenvalue weighted by Crippen LogP contribution is -2.33. The van der Waals surface area contributed by atoms with E-state index < -0.39 is 11.8 Å². The number of hydrogen-bond donors (Lipinski definition) is 4. The van der Waals surface area contributed by atoms with Crippen LogP contribution in [0.15, 0.2) is 18.2 Å². The summed E-state index contributed by atoms with van der Waals surface area (Å²) in [6, 6.07) is 5.06. The number of benzene rings is 1. The summed E-state index contributed by atoms with van der Waals surface area (Å²) >= 11 is 0. The zero-order valence-electron chi connectivity index (χ0n) is 8.86. The zero-order chi connectivity index (χ0) is 12.4. The van der Waals surface area contributed by atoms with Crippen molar-refractivity contribution in [2.75, 3.05) is 12.3 Å². The van der Waals surface area contributed by atoms with Crippen LogP contribution in [-0.2, 0) is 4.79 Å². The molecule has 0 aliphatic rings. The number of fused-ring (bicyclic) bond motifs is 1. The number of nitrogens with two attached hydrogens (primary N) is 2. The molecule has 2 amide bonds. The van der Waals surface area contributed by atoms with Gasteiger partial charge in [-0.25, -0.2) is 0 Å².